The van der Waals surface area contributed by atoms with Gasteiger partial charge in [-0.2, -0.15) is 11.1 Å². The molecule has 0 saturated heterocycles. The van der Waals surface area contributed by atoms with E-state index in [1.165, 1.54) is 0 Å². The summed E-state index contributed by atoms with van der Waals surface area (Å²) in [6, 6.07) is 0. The van der Waals surface area contributed by atoms with Crippen LogP contribution in [0.25, 0.3) is 0 Å². The average Bonchev–Trinajstić information content (AvgIpc) is 1.83. The molecule has 0 heterocycles. The first-order valence-electron chi connectivity index (χ1n) is 1.78. The Morgan fingerprint density at radius 2 is 2.00 bits per heavy atom. The highest BCUT2D eigenvalue weighted by Gasteiger charge is 1.82. The van der Waals surface area contributed by atoms with Crippen LogP contribution in [-0.2, 0) is 0 Å². The first-order chi connectivity index (χ1) is 3.81. The van der Waals surface area contributed by atoms with Gasteiger partial charge in [0.05, 0.1) is 0 Å². The molecule has 0 unspecified atom stereocenters. The number of hydrazine groups is 4. The minimum Gasteiger partial charge on any atom is -0.300 e. The highest BCUT2D eigenvalue weighted by atomic mass is 32.1. The molecule has 0 spiro atoms. The third-order valence-corrected chi connectivity index (χ3v) is 0.599. The second-order valence-corrected chi connectivity index (χ2v) is 1.28. The normalized spacial score (nSPS) is 8.25. The number of thiocarbonyl (C=S) groups is 1. The monoisotopic (exact) mass is 136 g/mol. The summed E-state index contributed by atoms with van der Waals surface area (Å²) in [6.07, 6.45) is 0. The van der Waals surface area contributed by atoms with Crippen molar-refractivity contribution < 1.29 is 0 Å². The van der Waals surface area contributed by atoms with Crippen molar-refractivity contribution in [3.05, 3.63) is 0 Å². The molecule has 6 nitrogen and oxygen atoms in total. The maximum atomic E-state index is 4.85. The van der Waals surface area contributed by atoms with Gasteiger partial charge < -0.3 is 0 Å². The molecule has 0 bridgehead atoms. The number of rotatable bonds is 2. The molecule has 0 aromatic carbocycles. The lowest BCUT2D eigenvalue weighted by atomic mass is 11.2. The van der Waals surface area contributed by atoms with E-state index in [4.69, 9.17) is 11.7 Å². The van der Waals surface area contributed by atoms with Crippen LogP contribution in [0.4, 0.5) is 0 Å². The van der Waals surface area contributed by atoms with Gasteiger partial charge >= 0.3 is 0 Å². The van der Waals surface area contributed by atoms with Gasteiger partial charge in [-0.05, 0) is 12.2 Å². The topological polar surface area (TPSA) is 100 Å². The van der Waals surface area contributed by atoms with Crippen LogP contribution < -0.4 is 33.6 Å². The maximum Gasteiger partial charge on any atom is 0.196 e. The van der Waals surface area contributed by atoms with E-state index in [0.717, 1.165) is 0 Å². The molecule has 0 saturated carbocycles. The molecule has 0 radical (unpaired) electrons. The Morgan fingerprint density at radius 1 is 1.38 bits per heavy atom. The largest absolute Gasteiger partial charge is 0.300 e. The predicted octanol–water partition coefficient (Wildman–Crippen LogP) is -2.79. The van der Waals surface area contributed by atoms with Crippen molar-refractivity contribution in [2.24, 2.45) is 11.7 Å². The zero-order chi connectivity index (χ0) is 6.41. The van der Waals surface area contributed by atoms with E-state index in [0.29, 0.717) is 0 Å². The summed E-state index contributed by atoms with van der Waals surface area (Å²) in [7, 11) is 0. The quantitative estimate of drug-likeness (QED) is 0.139. The van der Waals surface area contributed by atoms with Crippen molar-refractivity contribution in [2.45, 2.75) is 0 Å². The van der Waals surface area contributed by atoms with Gasteiger partial charge in [0.1, 0.15) is 0 Å². The Hall–Kier alpha value is -0.470. The molecule has 8 heavy (non-hydrogen) atoms. The Labute approximate surface area is 51.9 Å². The molecule has 0 aromatic rings. The third-order valence-electron chi connectivity index (χ3n) is 0.379. The maximum absolute atomic E-state index is 4.85. The number of nitrogens with two attached hydrogens (primary N) is 2. The van der Waals surface area contributed by atoms with Crippen LogP contribution in [0.2, 0.25) is 0 Å². The summed E-state index contributed by atoms with van der Waals surface area (Å²) in [5.74, 6) is 9.63. The van der Waals surface area contributed by atoms with Crippen molar-refractivity contribution in [1.29, 1.82) is 0 Å². The summed E-state index contributed by atoms with van der Waals surface area (Å²) in [5.41, 5.74) is 8.94. The van der Waals surface area contributed by atoms with Gasteiger partial charge in [-0.25, -0.2) is 5.84 Å². The molecule has 0 aliphatic rings. The first kappa shape index (κ1) is 7.53. The van der Waals surface area contributed by atoms with Crippen molar-refractivity contribution in [2.75, 3.05) is 0 Å². The fourth-order valence-corrected chi connectivity index (χ4v) is 0.180. The predicted molar refractivity (Wildman–Crippen MR) is 33.5 cm³/mol. The summed E-state index contributed by atoms with van der Waals surface area (Å²) in [4.78, 5) is 0. The van der Waals surface area contributed by atoms with E-state index in [2.05, 4.69) is 34.1 Å². The Morgan fingerprint density at radius 3 is 2.38 bits per heavy atom. The highest BCUT2D eigenvalue weighted by Crippen LogP contribution is 1.50. The van der Waals surface area contributed by atoms with Crippen LogP contribution in [0.15, 0.2) is 0 Å². The Bertz CT molecular complexity index is 70.9. The highest BCUT2D eigenvalue weighted by molar-refractivity contribution is 7.80. The smallest absolute Gasteiger partial charge is 0.196 e. The standard InChI is InChI=1S/CH8N6S/c2-4-1(8)5-7-6-3/h6-7H,2-3H2,(H2,4,5,8). The summed E-state index contributed by atoms with van der Waals surface area (Å²) in [5, 5.41) is 0.253. The molecule has 0 aromatic heterocycles. The second-order valence-electron chi connectivity index (χ2n) is 0.868. The van der Waals surface area contributed by atoms with Crippen molar-refractivity contribution in [1.82, 2.24) is 21.9 Å². The lowest BCUT2D eigenvalue weighted by molar-refractivity contribution is 0.519. The number of nitrogens with one attached hydrogen (secondary N) is 4. The Kier molecular flexibility index (Phi) is 4.41. The van der Waals surface area contributed by atoms with Crippen molar-refractivity contribution in [3.8, 4) is 0 Å². The zero-order valence-corrected chi connectivity index (χ0v) is 4.88. The number of hydrogen-bond donors (Lipinski definition) is 6. The van der Waals surface area contributed by atoms with Gasteiger partial charge in [-0.3, -0.25) is 16.7 Å². The van der Waals surface area contributed by atoms with Gasteiger partial charge in [-0.15, -0.1) is 0 Å². The fourth-order valence-electron chi connectivity index (χ4n) is 0.129. The van der Waals surface area contributed by atoms with Crippen LogP contribution in [0.3, 0.4) is 0 Å². The SMILES string of the molecule is NNNNC(=S)NN. The first-order valence-corrected chi connectivity index (χ1v) is 2.19. The molecular formula is CH8N6S. The fraction of sp³-hybridized carbons (Fsp3) is 0. The van der Waals surface area contributed by atoms with Gasteiger partial charge in [0.2, 0.25) is 0 Å². The molecule has 0 amide bonds. The minimum atomic E-state index is 0.253. The van der Waals surface area contributed by atoms with Gasteiger partial charge in [0, 0.05) is 0 Å². The van der Waals surface area contributed by atoms with Gasteiger partial charge in [0.15, 0.2) is 5.11 Å². The van der Waals surface area contributed by atoms with Crippen LogP contribution in [0.1, 0.15) is 0 Å². The van der Waals surface area contributed by atoms with E-state index >= 15 is 0 Å². The summed E-state index contributed by atoms with van der Waals surface area (Å²) in [6.45, 7) is 0. The van der Waals surface area contributed by atoms with Crippen LogP contribution in [0, 0.1) is 0 Å². The van der Waals surface area contributed by atoms with E-state index in [-0.39, 0.29) is 5.11 Å². The minimum absolute atomic E-state index is 0.253. The zero-order valence-electron chi connectivity index (χ0n) is 4.06. The third kappa shape index (κ3) is 3.71. The van der Waals surface area contributed by atoms with E-state index in [1.54, 1.807) is 0 Å². The molecule has 0 atom stereocenters. The van der Waals surface area contributed by atoms with Crippen LogP contribution in [0.5, 0.6) is 0 Å². The van der Waals surface area contributed by atoms with E-state index in [9.17, 15) is 0 Å². The van der Waals surface area contributed by atoms with E-state index in [1.807, 2.05) is 0 Å². The van der Waals surface area contributed by atoms with Crippen LogP contribution >= 0.6 is 12.2 Å². The molecule has 7 heteroatoms. The second kappa shape index (κ2) is 4.68. The summed E-state index contributed by atoms with van der Waals surface area (Å²) < 4.78 is 0. The van der Waals surface area contributed by atoms with Gasteiger partial charge in [-0.1, -0.05) is 0 Å². The molecule has 48 valence electrons. The Balaban J connectivity index is 2.99. The van der Waals surface area contributed by atoms with Gasteiger partial charge in [0.25, 0.3) is 0 Å². The molecule has 0 aliphatic heterocycles. The lowest BCUT2D eigenvalue weighted by Gasteiger charge is -2.04. The summed E-state index contributed by atoms with van der Waals surface area (Å²) >= 11 is 4.52. The average molecular weight is 136 g/mol. The lowest BCUT2D eigenvalue weighted by Crippen LogP contribution is -2.54. The molecular weight excluding hydrogens is 128 g/mol. The molecule has 0 rings (SSSR count). The number of hydrogen-bond acceptors (Lipinski definition) is 5. The molecule has 0 aliphatic carbocycles. The van der Waals surface area contributed by atoms with Crippen molar-refractivity contribution in [3.63, 3.8) is 0 Å². The van der Waals surface area contributed by atoms with Crippen molar-refractivity contribution >= 4 is 17.3 Å². The molecule has 0 fully saturated rings. The van der Waals surface area contributed by atoms with E-state index < -0.39 is 0 Å². The van der Waals surface area contributed by atoms with Crippen LogP contribution in [-0.4, -0.2) is 5.11 Å². The molecule has 8 N–H and O–H groups in total.